The molecule has 0 spiro atoms. The maximum atomic E-state index is 2.41. The van der Waals surface area contributed by atoms with Crippen LogP contribution < -0.4 is 0 Å². The molecule has 0 aromatic carbocycles. The molecule has 2 rings (SSSR count). The van der Waals surface area contributed by atoms with Crippen molar-refractivity contribution in [1.29, 1.82) is 0 Å². The van der Waals surface area contributed by atoms with E-state index in [1.165, 1.54) is 70.6 Å². The highest BCUT2D eigenvalue weighted by molar-refractivity contribution is 4.71. The van der Waals surface area contributed by atoms with Gasteiger partial charge >= 0.3 is 0 Å². The molecule has 0 aliphatic heterocycles. The van der Waals surface area contributed by atoms with Gasteiger partial charge in [0.15, 0.2) is 0 Å². The first-order valence-electron chi connectivity index (χ1n) is 10.1. The van der Waals surface area contributed by atoms with Crippen LogP contribution in [-0.2, 0) is 0 Å². The van der Waals surface area contributed by atoms with E-state index < -0.39 is 0 Å². The first-order valence-corrected chi connectivity index (χ1v) is 10.1. The first kappa shape index (κ1) is 21.0. The number of hydrogen-bond donors (Lipinski definition) is 0. The van der Waals surface area contributed by atoms with E-state index in [9.17, 15) is 0 Å². The quantitative estimate of drug-likeness (QED) is 0.486. The van der Waals surface area contributed by atoms with Gasteiger partial charge in [-0.25, -0.2) is 0 Å². The zero-order chi connectivity index (χ0) is 16.1. The van der Waals surface area contributed by atoms with E-state index in [0.717, 1.165) is 23.7 Å². The molecule has 2 saturated carbocycles. The molecule has 2 aliphatic carbocycles. The molecular weight excluding hydrogens is 252 g/mol. The summed E-state index contributed by atoms with van der Waals surface area (Å²) in [5.74, 6) is 4.14. The Kier molecular flexibility index (Phi) is 13.6. The van der Waals surface area contributed by atoms with Crippen LogP contribution in [0.5, 0.6) is 0 Å². The van der Waals surface area contributed by atoms with Gasteiger partial charge in [-0.3, -0.25) is 0 Å². The van der Waals surface area contributed by atoms with E-state index in [0.29, 0.717) is 0 Å². The van der Waals surface area contributed by atoms with Crippen LogP contribution in [0.15, 0.2) is 0 Å². The lowest BCUT2D eigenvalue weighted by molar-refractivity contribution is 0.249. The van der Waals surface area contributed by atoms with Crippen LogP contribution >= 0.6 is 0 Å². The smallest absolute Gasteiger partial charge is 0.0391 e. The normalized spacial score (nSPS) is 32.3. The zero-order valence-corrected chi connectivity index (χ0v) is 16.1. The molecule has 21 heavy (non-hydrogen) atoms. The summed E-state index contributed by atoms with van der Waals surface area (Å²) in [7, 11) is 0. The molecule has 2 aliphatic rings. The maximum absolute atomic E-state index is 2.41. The van der Waals surface area contributed by atoms with E-state index in [2.05, 4.69) is 41.5 Å². The molecule has 0 bridgehead atoms. The fraction of sp³-hybridized carbons (Fsp3) is 1.00. The van der Waals surface area contributed by atoms with Crippen LogP contribution in [-0.4, -0.2) is 0 Å². The number of hydrogen-bond acceptors (Lipinski definition) is 0. The van der Waals surface area contributed by atoms with Crippen LogP contribution in [0.1, 0.15) is 112 Å². The lowest BCUT2D eigenvalue weighted by atomic mass is 9.79. The largest absolute Gasteiger partial charge is 0.0656 e. The Morgan fingerprint density at radius 2 is 0.857 bits per heavy atom. The lowest BCUT2D eigenvalue weighted by Gasteiger charge is -2.27. The topological polar surface area (TPSA) is 0 Å². The van der Waals surface area contributed by atoms with Crippen LogP contribution in [0, 0.1) is 23.7 Å². The molecule has 0 nitrogen and oxygen atoms in total. The predicted octanol–water partition coefficient (Wildman–Crippen LogP) is 7.86. The van der Waals surface area contributed by atoms with Crippen molar-refractivity contribution < 1.29 is 0 Å². The minimum absolute atomic E-state index is 1.02. The van der Waals surface area contributed by atoms with Gasteiger partial charge in [0.1, 0.15) is 0 Å². The third kappa shape index (κ3) is 9.59. The van der Waals surface area contributed by atoms with Gasteiger partial charge < -0.3 is 0 Å². The summed E-state index contributed by atoms with van der Waals surface area (Å²) in [4.78, 5) is 0. The summed E-state index contributed by atoms with van der Waals surface area (Å²) in [5, 5.41) is 0. The van der Waals surface area contributed by atoms with Crippen molar-refractivity contribution in [2.24, 2.45) is 23.7 Å². The second-order valence-electron chi connectivity index (χ2n) is 7.57. The summed E-state index contributed by atoms with van der Waals surface area (Å²) < 4.78 is 0. The van der Waals surface area contributed by atoms with Crippen molar-refractivity contribution in [2.45, 2.75) is 112 Å². The van der Waals surface area contributed by atoms with Crippen LogP contribution in [0.2, 0.25) is 0 Å². The average Bonchev–Trinajstić information content (AvgIpc) is 2.50. The van der Waals surface area contributed by atoms with Crippen LogP contribution in [0.25, 0.3) is 0 Å². The van der Waals surface area contributed by atoms with Gasteiger partial charge in [0.05, 0.1) is 0 Å². The molecule has 0 heteroatoms. The molecule has 128 valence electrons. The molecule has 4 unspecified atom stereocenters. The SMILES string of the molecule is CCC.CCC1CCCCC1C.CCC1CCCCC1C. The van der Waals surface area contributed by atoms with Crippen molar-refractivity contribution in [1.82, 2.24) is 0 Å². The molecule has 0 N–H and O–H groups in total. The van der Waals surface area contributed by atoms with Crippen LogP contribution in [0.3, 0.4) is 0 Å². The van der Waals surface area contributed by atoms with Crippen molar-refractivity contribution in [3.8, 4) is 0 Å². The molecule has 0 saturated heterocycles. The summed E-state index contributed by atoms with van der Waals surface area (Å²) in [6.07, 6.45) is 16.0. The van der Waals surface area contributed by atoms with E-state index in [1.807, 2.05) is 0 Å². The minimum Gasteiger partial charge on any atom is -0.0656 e. The Morgan fingerprint density at radius 1 is 0.571 bits per heavy atom. The Morgan fingerprint density at radius 3 is 1.05 bits per heavy atom. The van der Waals surface area contributed by atoms with E-state index in [-0.39, 0.29) is 0 Å². The number of rotatable bonds is 2. The molecule has 0 aromatic rings. The molecule has 0 aromatic heterocycles. The average molecular weight is 297 g/mol. The Bertz CT molecular complexity index is 186. The van der Waals surface area contributed by atoms with Crippen LogP contribution in [0.4, 0.5) is 0 Å². The van der Waals surface area contributed by atoms with Gasteiger partial charge in [-0.05, 0) is 23.7 Å². The summed E-state index contributed by atoms with van der Waals surface area (Å²) >= 11 is 0. The molecule has 2 fully saturated rings. The van der Waals surface area contributed by atoms with E-state index in [4.69, 9.17) is 0 Å². The predicted molar refractivity (Wildman–Crippen MR) is 98.8 cm³/mol. The fourth-order valence-corrected chi connectivity index (χ4v) is 4.00. The van der Waals surface area contributed by atoms with Gasteiger partial charge in [-0.1, -0.05) is 112 Å². The third-order valence-electron chi connectivity index (χ3n) is 5.63. The van der Waals surface area contributed by atoms with Gasteiger partial charge in [0.2, 0.25) is 0 Å². The standard InChI is InChI=1S/2C9H18.C3H8/c2*1-3-9-7-5-4-6-8(9)2;1-3-2/h2*8-9H,3-7H2,1-2H3;3H2,1-2H3. The third-order valence-corrected chi connectivity index (χ3v) is 5.63. The molecule has 4 atom stereocenters. The summed E-state index contributed by atoms with van der Waals surface area (Å²) in [6, 6.07) is 0. The highest BCUT2D eigenvalue weighted by atomic mass is 14.2. The van der Waals surface area contributed by atoms with Crippen molar-refractivity contribution in [3.63, 3.8) is 0 Å². The zero-order valence-electron chi connectivity index (χ0n) is 16.1. The Labute approximate surface area is 136 Å². The second-order valence-corrected chi connectivity index (χ2v) is 7.57. The molecular formula is C21H44. The lowest BCUT2D eigenvalue weighted by Crippen LogP contribution is -2.15. The monoisotopic (exact) mass is 296 g/mol. The highest BCUT2D eigenvalue weighted by Crippen LogP contribution is 2.31. The summed E-state index contributed by atoms with van der Waals surface area (Å²) in [5.41, 5.74) is 0. The van der Waals surface area contributed by atoms with Gasteiger partial charge in [0, 0.05) is 0 Å². The van der Waals surface area contributed by atoms with Gasteiger partial charge in [-0.15, -0.1) is 0 Å². The van der Waals surface area contributed by atoms with Crippen molar-refractivity contribution >= 4 is 0 Å². The molecule has 0 amide bonds. The van der Waals surface area contributed by atoms with E-state index in [1.54, 1.807) is 0 Å². The molecule has 0 heterocycles. The van der Waals surface area contributed by atoms with Gasteiger partial charge in [0.25, 0.3) is 0 Å². The van der Waals surface area contributed by atoms with Gasteiger partial charge in [-0.2, -0.15) is 0 Å². The Hall–Kier alpha value is 0. The van der Waals surface area contributed by atoms with E-state index >= 15 is 0 Å². The Balaban J connectivity index is 0.000000322. The highest BCUT2D eigenvalue weighted by Gasteiger charge is 2.19. The van der Waals surface area contributed by atoms with Crippen molar-refractivity contribution in [2.75, 3.05) is 0 Å². The fourth-order valence-electron chi connectivity index (χ4n) is 4.00. The molecule has 0 radical (unpaired) electrons. The van der Waals surface area contributed by atoms with Crippen molar-refractivity contribution in [3.05, 3.63) is 0 Å². The maximum Gasteiger partial charge on any atom is -0.0391 e. The summed E-state index contributed by atoms with van der Waals surface area (Å²) in [6.45, 7) is 13.7. The minimum atomic E-state index is 1.02. The first-order chi connectivity index (χ1) is 10.1. The second kappa shape index (κ2) is 13.6.